The van der Waals surface area contributed by atoms with E-state index in [1.165, 1.54) is 6.07 Å². The van der Waals surface area contributed by atoms with Gasteiger partial charge in [0.25, 0.3) is 5.56 Å². The zero-order valence-electron chi connectivity index (χ0n) is 10.2. The van der Waals surface area contributed by atoms with Crippen molar-refractivity contribution in [1.29, 1.82) is 0 Å². The Labute approximate surface area is 121 Å². The summed E-state index contributed by atoms with van der Waals surface area (Å²) in [6, 6.07) is 3.47. The lowest BCUT2D eigenvalue weighted by molar-refractivity contribution is 0.0694. The number of carbonyl (C=O) groups is 1. The second-order valence-corrected chi connectivity index (χ2v) is 4.22. The molecule has 0 aliphatic carbocycles. The molecule has 0 fully saturated rings. The van der Waals surface area contributed by atoms with E-state index >= 15 is 0 Å². The summed E-state index contributed by atoms with van der Waals surface area (Å²) >= 11 is 4.65. The van der Waals surface area contributed by atoms with Crippen LogP contribution in [0.25, 0.3) is 0 Å². The molecule has 1 aromatic carbocycles. The van der Waals surface area contributed by atoms with Gasteiger partial charge in [0.2, 0.25) is 11.6 Å². The maximum absolute atomic E-state index is 11.5. The summed E-state index contributed by atoms with van der Waals surface area (Å²) in [6.45, 7) is 0. The highest BCUT2D eigenvalue weighted by atomic mass is 32.1. The van der Waals surface area contributed by atoms with Gasteiger partial charge in [-0.3, -0.25) is 9.78 Å². The standard InChI is InChI=1S/C11H8N4O5S/c16-6-3-4(1-2-5(6)10(19)20)14-15-7-8(17)12-11(21)13-9(7)18/h1-3,16H,(H,19,20)(H3,12,13,17,18,21). The van der Waals surface area contributed by atoms with Crippen molar-refractivity contribution in [2.24, 2.45) is 10.2 Å². The van der Waals surface area contributed by atoms with Crippen LogP contribution < -0.4 is 5.56 Å². The lowest BCUT2D eigenvalue weighted by Gasteiger charge is -2.00. The number of hydrogen-bond acceptors (Lipinski definition) is 7. The van der Waals surface area contributed by atoms with Gasteiger partial charge in [0, 0.05) is 6.07 Å². The fourth-order valence-electron chi connectivity index (χ4n) is 1.43. The Bertz CT molecular complexity index is 854. The van der Waals surface area contributed by atoms with Gasteiger partial charge in [0.1, 0.15) is 11.3 Å². The summed E-state index contributed by atoms with van der Waals surface area (Å²) in [5.41, 5.74) is -1.34. The monoisotopic (exact) mass is 308 g/mol. The molecule has 0 spiro atoms. The number of aromatic nitrogens is 2. The van der Waals surface area contributed by atoms with Gasteiger partial charge in [-0.15, -0.1) is 5.11 Å². The Morgan fingerprint density at radius 1 is 1.19 bits per heavy atom. The maximum Gasteiger partial charge on any atom is 0.339 e. The third-order valence-electron chi connectivity index (χ3n) is 2.38. The number of aromatic hydroxyl groups is 2. The molecule has 1 heterocycles. The van der Waals surface area contributed by atoms with E-state index in [0.29, 0.717) is 0 Å². The number of hydrogen-bond donors (Lipinski definition) is 5. The molecule has 0 radical (unpaired) electrons. The van der Waals surface area contributed by atoms with Crippen molar-refractivity contribution < 1.29 is 20.1 Å². The third kappa shape index (κ3) is 3.12. The van der Waals surface area contributed by atoms with Crippen LogP contribution in [0.1, 0.15) is 10.4 Å². The van der Waals surface area contributed by atoms with Gasteiger partial charge >= 0.3 is 5.97 Å². The van der Waals surface area contributed by atoms with E-state index in [9.17, 15) is 19.8 Å². The maximum atomic E-state index is 11.5. The van der Waals surface area contributed by atoms with Crippen molar-refractivity contribution in [3.8, 4) is 11.6 Å². The van der Waals surface area contributed by atoms with Crippen molar-refractivity contribution in [2.75, 3.05) is 0 Å². The van der Waals surface area contributed by atoms with Crippen LogP contribution in [-0.2, 0) is 0 Å². The van der Waals surface area contributed by atoms with Gasteiger partial charge in [0.15, 0.2) is 4.77 Å². The predicted molar refractivity (Wildman–Crippen MR) is 73.2 cm³/mol. The number of aromatic amines is 2. The van der Waals surface area contributed by atoms with Crippen molar-refractivity contribution in [3.05, 3.63) is 38.9 Å². The first kappa shape index (κ1) is 14.4. The molecule has 10 heteroatoms. The Hall–Kier alpha value is -3.01. The molecule has 0 bridgehead atoms. The highest BCUT2D eigenvalue weighted by Gasteiger charge is 2.10. The Morgan fingerprint density at radius 2 is 1.90 bits per heavy atom. The summed E-state index contributed by atoms with van der Waals surface area (Å²) in [4.78, 5) is 26.7. The van der Waals surface area contributed by atoms with Gasteiger partial charge in [-0.25, -0.2) is 4.79 Å². The summed E-state index contributed by atoms with van der Waals surface area (Å²) in [6.07, 6.45) is 0. The molecular formula is C11H8N4O5S. The summed E-state index contributed by atoms with van der Waals surface area (Å²) in [7, 11) is 0. The lowest BCUT2D eigenvalue weighted by Crippen LogP contribution is -2.06. The molecule has 9 nitrogen and oxygen atoms in total. The number of carboxylic acid groups (broad SMARTS) is 1. The first-order valence-electron chi connectivity index (χ1n) is 5.42. The number of carboxylic acids is 1. The fourth-order valence-corrected chi connectivity index (χ4v) is 1.62. The Kier molecular flexibility index (Phi) is 3.80. The Balaban J connectivity index is 2.39. The van der Waals surface area contributed by atoms with E-state index in [4.69, 9.17) is 5.11 Å². The Morgan fingerprint density at radius 3 is 2.48 bits per heavy atom. The minimum absolute atomic E-state index is 0.0695. The van der Waals surface area contributed by atoms with Crippen LogP contribution in [0.3, 0.4) is 0 Å². The number of nitrogens with zero attached hydrogens (tertiary/aromatic N) is 2. The summed E-state index contributed by atoms with van der Waals surface area (Å²) in [5.74, 6) is -2.34. The molecule has 5 N–H and O–H groups in total. The molecule has 0 unspecified atom stereocenters. The highest BCUT2D eigenvalue weighted by molar-refractivity contribution is 7.71. The van der Waals surface area contributed by atoms with Crippen LogP contribution in [0.4, 0.5) is 11.4 Å². The average Bonchev–Trinajstić information content (AvgIpc) is 2.36. The van der Waals surface area contributed by atoms with Crippen LogP contribution in [0.15, 0.2) is 33.2 Å². The SMILES string of the molecule is O=C(O)c1ccc(N=Nc2c(O)[nH]c(=S)[nH]c2=O)cc1O. The zero-order chi connectivity index (χ0) is 15.6. The number of nitrogens with one attached hydrogen (secondary N) is 2. The summed E-state index contributed by atoms with van der Waals surface area (Å²) < 4.78 is -0.0695. The molecule has 2 rings (SSSR count). The van der Waals surface area contributed by atoms with E-state index < -0.39 is 28.8 Å². The minimum atomic E-state index is -1.29. The zero-order valence-corrected chi connectivity index (χ0v) is 11.0. The molecule has 0 atom stereocenters. The van der Waals surface area contributed by atoms with Crippen molar-refractivity contribution in [1.82, 2.24) is 9.97 Å². The largest absolute Gasteiger partial charge is 0.507 e. The second-order valence-electron chi connectivity index (χ2n) is 3.81. The van der Waals surface area contributed by atoms with Crippen molar-refractivity contribution >= 4 is 29.6 Å². The van der Waals surface area contributed by atoms with E-state index in [-0.39, 0.29) is 16.0 Å². The first-order chi connectivity index (χ1) is 9.88. The molecule has 0 saturated carbocycles. The predicted octanol–water partition coefficient (Wildman–Crippen LogP) is 1.96. The third-order valence-corrected chi connectivity index (χ3v) is 2.58. The smallest absolute Gasteiger partial charge is 0.339 e. The van der Waals surface area contributed by atoms with Gasteiger partial charge in [-0.05, 0) is 24.4 Å². The minimum Gasteiger partial charge on any atom is -0.507 e. The van der Waals surface area contributed by atoms with Crippen LogP contribution in [0.2, 0.25) is 0 Å². The number of benzene rings is 1. The number of azo groups is 1. The van der Waals surface area contributed by atoms with Crippen molar-refractivity contribution in [2.45, 2.75) is 0 Å². The van der Waals surface area contributed by atoms with E-state index in [1.54, 1.807) is 0 Å². The molecule has 0 saturated heterocycles. The van der Waals surface area contributed by atoms with Crippen LogP contribution in [-0.4, -0.2) is 31.3 Å². The summed E-state index contributed by atoms with van der Waals surface area (Å²) in [5, 5.41) is 34.9. The lowest BCUT2D eigenvalue weighted by atomic mass is 10.2. The molecule has 0 amide bonds. The number of rotatable bonds is 3. The van der Waals surface area contributed by atoms with Gasteiger partial charge < -0.3 is 20.3 Å². The molecule has 108 valence electrons. The molecule has 0 aliphatic rings. The van der Waals surface area contributed by atoms with Crippen molar-refractivity contribution in [3.63, 3.8) is 0 Å². The second kappa shape index (κ2) is 5.54. The average molecular weight is 308 g/mol. The fraction of sp³-hybridized carbons (Fsp3) is 0. The number of aromatic carboxylic acids is 1. The normalized spacial score (nSPS) is 10.9. The van der Waals surface area contributed by atoms with E-state index in [2.05, 4.69) is 32.4 Å². The molecule has 1 aromatic heterocycles. The van der Waals surface area contributed by atoms with Gasteiger partial charge in [-0.1, -0.05) is 0 Å². The molecular weight excluding hydrogens is 300 g/mol. The van der Waals surface area contributed by atoms with Gasteiger partial charge in [-0.2, -0.15) is 5.11 Å². The number of H-pyrrole nitrogens is 2. The van der Waals surface area contributed by atoms with E-state index in [1.807, 2.05) is 0 Å². The molecule has 21 heavy (non-hydrogen) atoms. The van der Waals surface area contributed by atoms with E-state index in [0.717, 1.165) is 12.1 Å². The van der Waals surface area contributed by atoms with Crippen LogP contribution in [0, 0.1) is 4.77 Å². The molecule has 2 aromatic rings. The topological polar surface area (TPSA) is 151 Å². The van der Waals surface area contributed by atoms with Gasteiger partial charge in [0.05, 0.1) is 5.69 Å². The first-order valence-corrected chi connectivity index (χ1v) is 5.83. The number of phenols is 1. The highest BCUT2D eigenvalue weighted by Crippen LogP contribution is 2.26. The quantitative estimate of drug-likeness (QED) is 0.432. The van der Waals surface area contributed by atoms with Crippen LogP contribution in [0.5, 0.6) is 11.6 Å². The molecule has 0 aliphatic heterocycles. The van der Waals surface area contributed by atoms with Crippen LogP contribution >= 0.6 is 12.2 Å².